The lowest BCUT2D eigenvalue weighted by Crippen LogP contribution is -2.12. The molecule has 0 aliphatic heterocycles. The van der Waals surface area contributed by atoms with Gasteiger partial charge in [-0.05, 0) is 49.8 Å². The molecule has 2 aromatic heterocycles. The van der Waals surface area contributed by atoms with E-state index in [-0.39, 0.29) is 0 Å². The van der Waals surface area contributed by atoms with Gasteiger partial charge in [-0.3, -0.25) is 4.98 Å². The second-order valence-electron chi connectivity index (χ2n) is 9.89. The fourth-order valence-corrected chi connectivity index (χ4v) is 3.78. The standard InChI is InChI=1S/C23H33N3O.C4H7N.C2H6/c1-5-6-12-21-25-20-17-24-19-11-8-7-10-18(19)22(20)26(21)14-16-27-15-9-13-23(2,3)4;5-3-4-1-2-4;1-2/h7-8,10-11,17H,5-6,9,12-16H2,1-4H3;3H,1-2,5H2;1-2H3. The van der Waals surface area contributed by atoms with Crippen LogP contribution in [0.15, 0.2) is 42.2 Å². The van der Waals surface area contributed by atoms with Crippen LogP contribution in [0.1, 0.15) is 85.9 Å². The number of pyridine rings is 1. The van der Waals surface area contributed by atoms with Crippen LogP contribution in [0.25, 0.3) is 21.9 Å². The smallest absolute Gasteiger partial charge is 0.110 e. The fourth-order valence-electron chi connectivity index (χ4n) is 3.78. The first kappa shape index (κ1) is 27.8. The Morgan fingerprint density at radius 1 is 1.06 bits per heavy atom. The zero-order chi connectivity index (χ0) is 25.0. The van der Waals surface area contributed by atoms with E-state index in [2.05, 4.69) is 55.4 Å². The molecule has 1 fully saturated rings. The summed E-state index contributed by atoms with van der Waals surface area (Å²) in [6.07, 6.45) is 11.7. The number of benzene rings is 1. The summed E-state index contributed by atoms with van der Waals surface area (Å²) in [5, 5.41) is 1.18. The summed E-state index contributed by atoms with van der Waals surface area (Å²) in [6, 6.07) is 8.34. The Hall–Kier alpha value is -2.40. The summed E-state index contributed by atoms with van der Waals surface area (Å²) in [5.41, 5.74) is 10.1. The van der Waals surface area contributed by atoms with Gasteiger partial charge in [0, 0.05) is 25.0 Å². The molecule has 3 aromatic rings. The Bertz CT molecular complexity index is 1020. The first-order valence-corrected chi connectivity index (χ1v) is 13.1. The lowest BCUT2D eigenvalue weighted by molar-refractivity contribution is 0.115. The Labute approximate surface area is 206 Å². The number of imidazole rings is 1. The summed E-state index contributed by atoms with van der Waals surface area (Å²) >= 11 is 0. The van der Waals surface area contributed by atoms with E-state index in [4.69, 9.17) is 15.5 Å². The number of aromatic nitrogens is 3. The van der Waals surface area contributed by atoms with Gasteiger partial charge >= 0.3 is 0 Å². The van der Waals surface area contributed by atoms with E-state index >= 15 is 0 Å². The molecule has 5 nitrogen and oxygen atoms in total. The molecule has 0 unspecified atom stereocenters. The van der Waals surface area contributed by atoms with Crippen molar-refractivity contribution in [2.24, 2.45) is 11.1 Å². The fraction of sp³-hybridized carbons (Fsp3) is 0.586. The van der Waals surface area contributed by atoms with Crippen LogP contribution in [0, 0.1) is 5.41 Å². The molecule has 0 amide bonds. The first-order valence-electron chi connectivity index (χ1n) is 13.1. The van der Waals surface area contributed by atoms with Crippen LogP contribution in [0.3, 0.4) is 0 Å². The minimum absolute atomic E-state index is 0.378. The second-order valence-corrected chi connectivity index (χ2v) is 9.89. The van der Waals surface area contributed by atoms with Crippen molar-refractivity contribution in [3.05, 3.63) is 48.1 Å². The van der Waals surface area contributed by atoms with Crippen molar-refractivity contribution < 1.29 is 4.74 Å². The molecular formula is C29H46N4O. The summed E-state index contributed by atoms with van der Waals surface area (Å²) in [4.78, 5) is 9.47. The maximum absolute atomic E-state index is 5.96. The van der Waals surface area contributed by atoms with E-state index in [1.807, 2.05) is 26.1 Å². The third kappa shape index (κ3) is 8.75. The van der Waals surface area contributed by atoms with Crippen molar-refractivity contribution in [1.82, 2.24) is 14.5 Å². The normalized spacial score (nSPS) is 12.7. The quantitative estimate of drug-likeness (QED) is 0.333. The molecule has 0 bridgehead atoms. The van der Waals surface area contributed by atoms with Crippen molar-refractivity contribution in [2.45, 2.75) is 93.0 Å². The van der Waals surface area contributed by atoms with E-state index in [1.54, 1.807) is 6.20 Å². The van der Waals surface area contributed by atoms with Crippen LogP contribution in [-0.2, 0) is 17.7 Å². The molecule has 0 spiro atoms. The number of allylic oxidation sites excluding steroid dienone is 1. The predicted octanol–water partition coefficient (Wildman–Crippen LogP) is 7.42. The molecule has 4 rings (SSSR count). The van der Waals surface area contributed by atoms with Crippen LogP contribution in [0.5, 0.6) is 0 Å². The van der Waals surface area contributed by atoms with Crippen molar-refractivity contribution in [1.29, 1.82) is 0 Å². The highest BCUT2D eigenvalue weighted by Gasteiger charge is 2.14. The van der Waals surface area contributed by atoms with Gasteiger partial charge in [0.05, 0.1) is 23.8 Å². The number of hydrogen-bond acceptors (Lipinski definition) is 4. The lowest BCUT2D eigenvalue weighted by Gasteiger charge is -2.17. The second kappa shape index (κ2) is 14.1. The van der Waals surface area contributed by atoms with E-state index in [9.17, 15) is 0 Å². The molecule has 2 N–H and O–H groups in total. The predicted molar refractivity (Wildman–Crippen MR) is 146 cm³/mol. The largest absolute Gasteiger partial charge is 0.405 e. The lowest BCUT2D eigenvalue weighted by atomic mass is 9.91. The average molecular weight is 467 g/mol. The topological polar surface area (TPSA) is 66.0 Å². The van der Waals surface area contributed by atoms with E-state index in [1.165, 1.54) is 42.2 Å². The number of unbranched alkanes of at least 4 members (excludes halogenated alkanes) is 1. The number of aryl methyl sites for hydroxylation is 1. The zero-order valence-corrected chi connectivity index (χ0v) is 22.4. The van der Waals surface area contributed by atoms with E-state index in [0.29, 0.717) is 5.41 Å². The zero-order valence-electron chi connectivity index (χ0n) is 22.4. The molecule has 1 saturated carbocycles. The Morgan fingerprint density at radius 2 is 1.79 bits per heavy atom. The maximum Gasteiger partial charge on any atom is 0.110 e. The van der Waals surface area contributed by atoms with Gasteiger partial charge in [0.15, 0.2) is 0 Å². The molecular weight excluding hydrogens is 420 g/mol. The van der Waals surface area contributed by atoms with Gasteiger partial charge in [-0.1, -0.05) is 71.7 Å². The summed E-state index contributed by atoms with van der Waals surface area (Å²) in [7, 11) is 0. The van der Waals surface area contributed by atoms with Crippen LogP contribution in [0.4, 0.5) is 0 Å². The molecule has 34 heavy (non-hydrogen) atoms. The number of nitrogens with two attached hydrogens (primary N) is 1. The van der Waals surface area contributed by atoms with Crippen molar-refractivity contribution in [3.63, 3.8) is 0 Å². The van der Waals surface area contributed by atoms with Gasteiger partial charge in [-0.2, -0.15) is 0 Å². The summed E-state index contributed by atoms with van der Waals surface area (Å²) < 4.78 is 8.32. The minimum Gasteiger partial charge on any atom is -0.405 e. The summed E-state index contributed by atoms with van der Waals surface area (Å²) in [5.74, 6) is 1.16. The molecule has 0 radical (unpaired) electrons. The molecule has 0 atom stereocenters. The average Bonchev–Trinajstić information content (AvgIpc) is 3.61. The van der Waals surface area contributed by atoms with Gasteiger partial charge in [0.25, 0.3) is 0 Å². The van der Waals surface area contributed by atoms with Crippen molar-refractivity contribution in [2.75, 3.05) is 13.2 Å². The Kier molecular flexibility index (Phi) is 11.5. The number of rotatable bonds is 9. The van der Waals surface area contributed by atoms with Crippen molar-refractivity contribution >= 4 is 21.9 Å². The number of nitrogens with zero attached hydrogens (tertiary/aromatic N) is 3. The third-order valence-electron chi connectivity index (χ3n) is 5.76. The number of fused-ring (bicyclic) bond motifs is 3. The van der Waals surface area contributed by atoms with E-state index < -0.39 is 0 Å². The number of hydrogen-bond donors (Lipinski definition) is 1. The number of ether oxygens (including phenoxy) is 1. The Morgan fingerprint density at radius 3 is 2.41 bits per heavy atom. The van der Waals surface area contributed by atoms with Crippen molar-refractivity contribution in [3.8, 4) is 0 Å². The number of para-hydroxylation sites is 1. The molecule has 0 saturated heterocycles. The van der Waals surface area contributed by atoms with Gasteiger partial charge in [0.2, 0.25) is 0 Å². The summed E-state index contributed by atoms with van der Waals surface area (Å²) in [6.45, 7) is 15.5. The molecule has 2 heterocycles. The molecule has 1 aliphatic rings. The van der Waals surface area contributed by atoms with Gasteiger partial charge in [-0.25, -0.2) is 4.98 Å². The van der Waals surface area contributed by atoms with Crippen LogP contribution in [0.2, 0.25) is 0 Å². The van der Waals surface area contributed by atoms with Gasteiger partial charge < -0.3 is 15.0 Å². The highest BCUT2D eigenvalue weighted by molar-refractivity contribution is 6.02. The van der Waals surface area contributed by atoms with Crippen LogP contribution in [-0.4, -0.2) is 27.7 Å². The highest BCUT2D eigenvalue weighted by atomic mass is 16.5. The Balaban J connectivity index is 0.000000507. The van der Waals surface area contributed by atoms with Gasteiger partial charge in [-0.15, -0.1) is 0 Å². The highest BCUT2D eigenvalue weighted by Crippen LogP contribution is 2.26. The molecule has 1 aliphatic carbocycles. The maximum atomic E-state index is 5.96. The first-order chi connectivity index (χ1) is 16.4. The SMILES string of the molecule is CC.CCCCc1nc2cnc3ccccc3c2n1CCOCCCC(C)(C)C.NC=C1CC1. The monoisotopic (exact) mass is 466 g/mol. The van der Waals surface area contributed by atoms with Crippen LogP contribution < -0.4 is 5.73 Å². The molecule has 188 valence electrons. The third-order valence-corrected chi connectivity index (χ3v) is 5.76. The molecule has 5 heteroatoms. The van der Waals surface area contributed by atoms with Gasteiger partial charge in [0.1, 0.15) is 11.3 Å². The van der Waals surface area contributed by atoms with E-state index in [0.717, 1.165) is 55.9 Å². The molecule has 1 aromatic carbocycles. The minimum atomic E-state index is 0.378. The van der Waals surface area contributed by atoms with Crippen LogP contribution >= 0.6 is 0 Å².